The summed E-state index contributed by atoms with van der Waals surface area (Å²) in [4.78, 5) is 16.7. The first-order chi connectivity index (χ1) is 12.7. The molecule has 0 aliphatic heterocycles. The molecule has 26 heavy (non-hydrogen) atoms. The van der Waals surface area contributed by atoms with Crippen molar-refractivity contribution < 1.29 is 14.6 Å². The lowest BCUT2D eigenvalue weighted by Gasteiger charge is -2.11. The van der Waals surface area contributed by atoms with E-state index in [1.165, 1.54) is 11.8 Å². The fourth-order valence-corrected chi connectivity index (χ4v) is 3.45. The van der Waals surface area contributed by atoms with Crippen LogP contribution < -0.4 is 4.74 Å². The third-order valence-electron chi connectivity index (χ3n) is 3.99. The normalized spacial score (nSPS) is 10.7. The van der Waals surface area contributed by atoms with Crippen LogP contribution in [0.2, 0.25) is 0 Å². The number of hydrogen-bond donors (Lipinski definition) is 1. The molecule has 0 amide bonds. The predicted octanol–water partition coefficient (Wildman–Crippen LogP) is 3.41. The van der Waals surface area contributed by atoms with Crippen LogP contribution in [0.15, 0.2) is 66.0 Å². The van der Waals surface area contributed by atoms with Crippen LogP contribution in [0.3, 0.4) is 0 Å². The number of nitrogens with zero attached hydrogens (tertiary/aromatic N) is 2. The van der Waals surface area contributed by atoms with Gasteiger partial charge in [0.15, 0.2) is 10.9 Å². The SMILES string of the molecule is COc1ccc(Cn2c(CO)cnc2SCC(=O)c2ccccc2)cc1. The van der Waals surface area contributed by atoms with Crippen LogP contribution in [0.1, 0.15) is 21.6 Å². The second-order valence-corrected chi connectivity index (χ2v) is 6.64. The number of aliphatic hydroxyl groups is 1. The lowest BCUT2D eigenvalue weighted by atomic mass is 10.2. The van der Waals surface area contributed by atoms with Crippen LogP contribution >= 0.6 is 11.8 Å². The number of imidazole rings is 1. The number of thioether (sulfide) groups is 1. The van der Waals surface area contributed by atoms with Gasteiger partial charge >= 0.3 is 0 Å². The molecule has 0 bridgehead atoms. The molecule has 0 atom stereocenters. The monoisotopic (exact) mass is 368 g/mol. The van der Waals surface area contributed by atoms with E-state index in [4.69, 9.17) is 4.74 Å². The maximum atomic E-state index is 12.3. The van der Waals surface area contributed by atoms with Crippen LogP contribution in [0.5, 0.6) is 5.75 Å². The van der Waals surface area contributed by atoms with Crippen LogP contribution in [0.25, 0.3) is 0 Å². The third kappa shape index (κ3) is 4.33. The van der Waals surface area contributed by atoms with Crippen molar-refractivity contribution in [3.05, 3.63) is 77.6 Å². The summed E-state index contributed by atoms with van der Waals surface area (Å²) in [5.41, 5.74) is 2.47. The lowest BCUT2D eigenvalue weighted by Crippen LogP contribution is -2.08. The van der Waals surface area contributed by atoms with Gasteiger partial charge in [-0.15, -0.1) is 0 Å². The average molecular weight is 368 g/mol. The number of carbonyl (C=O) groups is 1. The molecule has 3 aromatic rings. The van der Waals surface area contributed by atoms with E-state index in [1.807, 2.05) is 59.2 Å². The van der Waals surface area contributed by atoms with Gasteiger partial charge in [0.2, 0.25) is 0 Å². The number of aliphatic hydroxyl groups excluding tert-OH is 1. The first kappa shape index (κ1) is 18.2. The summed E-state index contributed by atoms with van der Waals surface area (Å²) in [6, 6.07) is 17.0. The number of aromatic nitrogens is 2. The summed E-state index contributed by atoms with van der Waals surface area (Å²) < 4.78 is 7.11. The van der Waals surface area contributed by atoms with Crippen molar-refractivity contribution >= 4 is 17.5 Å². The summed E-state index contributed by atoms with van der Waals surface area (Å²) in [6.07, 6.45) is 1.65. The zero-order chi connectivity index (χ0) is 18.4. The molecule has 0 unspecified atom stereocenters. The molecule has 134 valence electrons. The summed E-state index contributed by atoms with van der Waals surface area (Å²) in [7, 11) is 1.63. The van der Waals surface area contributed by atoms with Crippen molar-refractivity contribution in [2.24, 2.45) is 0 Å². The Morgan fingerprint density at radius 1 is 1.15 bits per heavy atom. The molecule has 2 aromatic carbocycles. The number of carbonyl (C=O) groups excluding carboxylic acids is 1. The molecule has 0 spiro atoms. The summed E-state index contributed by atoms with van der Waals surface area (Å²) in [5.74, 6) is 1.15. The van der Waals surface area contributed by atoms with Gasteiger partial charge in [-0.25, -0.2) is 4.98 Å². The number of Topliss-reactive ketones (excluding diaryl/α,β-unsaturated/α-hetero) is 1. The largest absolute Gasteiger partial charge is 0.497 e. The van der Waals surface area contributed by atoms with Crippen molar-refractivity contribution in [2.45, 2.75) is 18.3 Å². The van der Waals surface area contributed by atoms with Crippen molar-refractivity contribution in [2.75, 3.05) is 12.9 Å². The minimum atomic E-state index is -0.101. The number of ketones is 1. The molecule has 0 saturated carbocycles. The van der Waals surface area contributed by atoms with Gasteiger partial charge in [-0.1, -0.05) is 54.2 Å². The molecule has 1 N–H and O–H groups in total. The average Bonchev–Trinajstić information content (AvgIpc) is 3.09. The predicted molar refractivity (Wildman–Crippen MR) is 102 cm³/mol. The Balaban J connectivity index is 1.73. The molecular formula is C20H20N2O3S. The van der Waals surface area contributed by atoms with Gasteiger partial charge in [-0.2, -0.15) is 0 Å². The topological polar surface area (TPSA) is 64.3 Å². The van der Waals surface area contributed by atoms with Gasteiger partial charge < -0.3 is 14.4 Å². The van der Waals surface area contributed by atoms with E-state index in [-0.39, 0.29) is 12.4 Å². The molecular weight excluding hydrogens is 348 g/mol. The number of ether oxygens (including phenoxy) is 1. The standard InChI is InChI=1S/C20H20N2O3S/c1-25-18-9-7-15(8-10-18)12-22-17(13-23)11-21-20(22)26-14-19(24)16-5-3-2-4-6-16/h2-11,23H,12-14H2,1H3. The van der Waals surface area contributed by atoms with Crippen molar-refractivity contribution in [1.82, 2.24) is 9.55 Å². The Hall–Kier alpha value is -2.57. The molecule has 1 aromatic heterocycles. The molecule has 0 fully saturated rings. The second-order valence-electron chi connectivity index (χ2n) is 5.70. The van der Waals surface area contributed by atoms with Crippen LogP contribution in [-0.2, 0) is 13.2 Å². The van der Waals surface area contributed by atoms with E-state index >= 15 is 0 Å². The Bertz CT molecular complexity index is 861. The van der Waals surface area contributed by atoms with Gasteiger partial charge in [-0.3, -0.25) is 4.79 Å². The zero-order valence-electron chi connectivity index (χ0n) is 14.5. The molecule has 0 aliphatic rings. The molecule has 6 heteroatoms. The molecule has 0 radical (unpaired) electrons. The highest BCUT2D eigenvalue weighted by Crippen LogP contribution is 2.22. The maximum absolute atomic E-state index is 12.3. The highest BCUT2D eigenvalue weighted by Gasteiger charge is 2.13. The highest BCUT2D eigenvalue weighted by atomic mass is 32.2. The molecule has 0 aliphatic carbocycles. The van der Waals surface area contributed by atoms with E-state index in [1.54, 1.807) is 13.3 Å². The van der Waals surface area contributed by atoms with E-state index in [0.29, 0.717) is 23.0 Å². The number of hydrogen-bond acceptors (Lipinski definition) is 5. The summed E-state index contributed by atoms with van der Waals surface area (Å²) in [5, 5.41) is 10.3. The second kappa shape index (κ2) is 8.69. The minimum absolute atomic E-state index is 0.0557. The van der Waals surface area contributed by atoms with E-state index < -0.39 is 0 Å². The van der Waals surface area contributed by atoms with Gasteiger partial charge in [0.05, 0.1) is 31.4 Å². The Kier molecular flexibility index (Phi) is 6.09. The quantitative estimate of drug-likeness (QED) is 0.488. The van der Waals surface area contributed by atoms with Crippen LogP contribution in [0, 0.1) is 0 Å². The van der Waals surface area contributed by atoms with Crippen LogP contribution in [-0.4, -0.2) is 33.3 Å². The third-order valence-corrected chi connectivity index (χ3v) is 4.98. The molecule has 1 heterocycles. The zero-order valence-corrected chi connectivity index (χ0v) is 15.3. The number of methoxy groups -OCH3 is 1. The fourth-order valence-electron chi connectivity index (χ4n) is 2.55. The molecule has 5 nitrogen and oxygen atoms in total. The summed E-state index contributed by atoms with van der Waals surface area (Å²) in [6.45, 7) is 0.470. The lowest BCUT2D eigenvalue weighted by molar-refractivity contribution is 0.102. The van der Waals surface area contributed by atoms with E-state index in [0.717, 1.165) is 17.0 Å². The maximum Gasteiger partial charge on any atom is 0.173 e. The molecule has 3 rings (SSSR count). The van der Waals surface area contributed by atoms with Gasteiger partial charge in [0.25, 0.3) is 0 Å². The van der Waals surface area contributed by atoms with Gasteiger partial charge in [0.1, 0.15) is 5.75 Å². The first-order valence-electron chi connectivity index (χ1n) is 8.20. The van der Waals surface area contributed by atoms with E-state index in [9.17, 15) is 9.90 Å². The highest BCUT2D eigenvalue weighted by molar-refractivity contribution is 7.99. The molecule has 0 saturated heterocycles. The smallest absolute Gasteiger partial charge is 0.173 e. The minimum Gasteiger partial charge on any atom is -0.497 e. The van der Waals surface area contributed by atoms with Crippen molar-refractivity contribution in [3.63, 3.8) is 0 Å². The first-order valence-corrected chi connectivity index (χ1v) is 9.19. The van der Waals surface area contributed by atoms with Crippen LogP contribution in [0.4, 0.5) is 0 Å². The number of rotatable bonds is 8. The summed E-state index contributed by atoms with van der Waals surface area (Å²) >= 11 is 1.38. The Morgan fingerprint density at radius 2 is 1.88 bits per heavy atom. The fraction of sp³-hybridized carbons (Fsp3) is 0.200. The van der Waals surface area contributed by atoms with Gasteiger partial charge in [-0.05, 0) is 17.7 Å². The number of benzene rings is 2. The van der Waals surface area contributed by atoms with Crippen molar-refractivity contribution in [3.8, 4) is 5.75 Å². The Morgan fingerprint density at radius 3 is 2.54 bits per heavy atom. The van der Waals surface area contributed by atoms with E-state index in [2.05, 4.69) is 4.98 Å². The van der Waals surface area contributed by atoms with Gasteiger partial charge in [0, 0.05) is 12.1 Å². The van der Waals surface area contributed by atoms with Crippen molar-refractivity contribution in [1.29, 1.82) is 0 Å². The Labute approximate surface area is 156 Å².